The van der Waals surface area contributed by atoms with E-state index in [1.165, 1.54) is 0 Å². The summed E-state index contributed by atoms with van der Waals surface area (Å²) in [6.07, 6.45) is 0.121. The van der Waals surface area contributed by atoms with E-state index in [4.69, 9.17) is 11.6 Å². The van der Waals surface area contributed by atoms with Gasteiger partial charge in [0.1, 0.15) is 0 Å². The first kappa shape index (κ1) is 13.5. The van der Waals surface area contributed by atoms with Crippen molar-refractivity contribution in [3.63, 3.8) is 0 Å². The molecule has 0 heterocycles. The number of halogens is 1. The third kappa shape index (κ3) is 3.78. The summed E-state index contributed by atoms with van der Waals surface area (Å²) in [5.74, 6) is 0.239. The van der Waals surface area contributed by atoms with Crippen LogP contribution in [0.3, 0.4) is 0 Å². The molecule has 3 heteroatoms. The molecule has 0 saturated heterocycles. The highest BCUT2D eigenvalue weighted by Crippen LogP contribution is 2.27. The Labute approximate surface area is 102 Å². The summed E-state index contributed by atoms with van der Waals surface area (Å²) in [7, 11) is 0. The van der Waals surface area contributed by atoms with Crippen molar-refractivity contribution in [1.82, 2.24) is 0 Å². The Kier molecular flexibility index (Phi) is 5.26. The molecule has 0 fully saturated rings. The van der Waals surface area contributed by atoms with Crippen molar-refractivity contribution < 1.29 is 10.2 Å². The molecule has 1 aromatic rings. The molecular formula is C13H19ClO2. The van der Waals surface area contributed by atoms with E-state index in [2.05, 4.69) is 6.92 Å². The van der Waals surface area contributed by atoms with Crippen LogP contribution in [0.1, 0.15) is 38.2 Å². The van der Waals surface area contributed by atoms with Crippen LogP contribution in [0.5, 0.6) is 0 Å². The Morgan fingerprint density at radius 3 is 2.50 bits per heavy atom. The first-order chi connectivity index (χ1) is 7.54. The van der Waals surface area contributed by atoms with E-state index in [-0.39, 0.29) is 5.92 Å². The quantitative estimate of drug-likeness (QED) is 0.834. The molecule has 0 aromatic heterocycles. The van der Waals surface area contributed by atoms with Crippen molar-refractivity contribution in [3.05, 3.63) is 34.9 Å². The van der Waals surface area contributed by atoms with Crippen LogP contribution in [0.25, 0.3) is 0 Å². The first-order valence-electron chi connectivity index (χ1n) is 5.66. The number of hydrogen-bond donors (Lipinski definition) is 2. The molecule has 0 aliphatic rings. The van der Waals surface area contributed by atoms with Gasteiger partial charge in [-0.3, -0.25) is 0 Å². The molecule has 0 radical (unpaired) electrons. The van der Waals surface area contributed by atoms with E-state index >= 15 is 0 Å². The van der Waals surface area contributed by atoms with Crippen LogP contribution in [0.2, 0.25) is 5.02 Å². The summed E-state index contributed by atoms with van der Waals surface area (Å²) >= 11 is 5.93. The molecule has 1 rings (SSSR count). The van der Waals surface area contributed by atoms with E-state index < -0.39 is 12.2 Å². The number of aliphatic hydroxyl groups is 2. The van der Waals surface area contributed by atoms with Gasteiger partial charge in [0.25, 0.3) is 0 Å². The Bertz CT molecular complexity index is 325. The zero-order valence-corrected chi connectivity index (χ0v) is 10.5. The number of hydrogen-bond acceptors (Lipinski definition) is 2. The minimum atomic E-state index is -0.687. The van der Waals surface area contributed by atoms with Gasteiger partial charge in [0.15, 0.2) is 0 Å². The van der Waals surface area contributed by atoms with Crippen LogP contribution in [-0.4, -0.2) is 22.4 Å². The van der Waals surface area contributed by atoms with E-state index in [9.17, 15) is 10.2 Å². The van der Waals surface area contributed by atoms with Crippen molar-refractivity contribution in [1.29, 1.82) is 0 Å². The summed E-state index contributed by atoms with van der Waals surface area (Å²) in [4.78, 5) is 0. The molecule has 2 nitrogen and oxygen atoms in total. The lowest BCUT2D eigenvalue weighted by atomic mass is 9.89. The lowest BCUT2D eigenvalue weighted by Gasteiger charge is -2.21. The van der Waals surface area contributed by atoms with Gasteiger partial charge >= 0.3 is 0 Å². The molecule has 3 unspecified atom stereocenters. The highest BCUT2D eigenvalue weighted by Gasteiger charge is 2.18. The second-order valence-electron chi connectivity index (χ2n) is 4.20. The zero-order valence-electron chi connectivity index (χ0n) is 9.73. The van der Waals surface area contributed by atoms with Crippen LogP contribution >= 0.6 is 11.6 Å². The fourth-order valence-corrected chi connectivity index (χ4v) is 1.99. The SMILES string of the molecule is CCC(CC(O)C(C)O)c1cccc(Cl)c1. The predicted molar refractivity (Wildman–Crippen MR) is 66.8 cm³/mol. The minimum Gasteiger partial charge on any atom is -0.391 e. The average molecular weight is 243 g/mol. The second kappa shape index (κ2) is 6.24. The third-order valence-corrected chi connectivity index (χ3v) is 3.13. The molecule has 0 aliphatic carbocycles. The molecule has 0 aliphatic heterocycles. The molecule has 0 bridgehead atoms. The predicted octanol–water partition coefficient (Wildman–Crippen LogP) is 2.97. The van der Waals surface area contributed by atoms with Crippen molar-refractivity contribution in [2.45, 2.75) is 44.8 Å². The molecule has 0 amide bonds. The van der Waals surface area contributed by atoms with Crippen LogP contribution in [-0.2, 0) is 0 Å². The van der Waals surface area contributed by atoms with Crippen molar-refractivity contribution in [2.75, 3.05) is 0 Å². The smallest absolute Gasteiger partial charge is 0.0802 e. The average Bonchev–Trinajstić information content (AvgIpc) is 2.25. The normalized spacial score (nSPS) is 16.8. The summed E-state index contributed by atoms with van der Waals surface area (Å²) in [6.45, 7) is 3.68. The number of aliphatic hydroxyl groups excluding tert-OH is 2. The van der Waals surface area contributed by atoms with E-state index in [0.29, 0.717) is 11.4 Å². The molecular weight excluding hydrogens is 224 g/mol. The molecule has 3 atom stereocenters. The summed E-state index contributed by atoms with van der Waals surface area (Å²) < 4.78 is 0. The Balaban J connectivity index is 2.74. The lowest BCUT2D eigenvalue weighted by Crippen LogP contribution is -2.24. The third-order valence-electron chi connectivity index (χ3n) is 2.90. The highest BCUT2D eigenvalue weighted by molar-refractivity contribution is 6.30. The Hall–Kier alpha value is -0.570. The molecule has 90 valence electrons. The molecule has 1 aromatic carbocycles. The maximum Gasteiger partial charge on any atom is 0.0802 e. The van der Waals surface area contributed by atoms with Gasteiger partial charge < -0.3 is 10.2 Å². The molecule has 0 saturated carbocycles. The maximum absolute atomic E-state index is 9.68. The van der Waals surface area contributed by atoms with Gasteiger partial charge in [0.05, 0.1) is 12.2 Å². The Morgan fingerprint density at radius 2 is 2.00 bits per heavy atom. The standard InChI is InChI=1S/C13H19ClO2/c1-3-10(8-13(16)9(2)15)11-5-4-6-12(14)7-11/h4-7,9-10,13,15-16H,3,8H2,1-2H3. The number of benzene rings is 1. The highest BCUT2D eigenvalue weighted by atomic mass is 35.5. The minimum absolute atomic E-state index is 0.239. The maximum atomic E-state index is 9.68. The molecule has 16 heavy (non-hydrogen) atoms. The molecule has 0 spiro atoms. The van der Waals surface area contributed by atoms with Gasteiger partial charge in [-0.25, -0.2) is 0 Å². The Morgan fingerprint density at radius 1 is 1.31 bits per heavy atom. The lowest BCUT2D eigenvalue weighted by molar-refractivity contribution is 0.0215. The van der Waals surface area contributed by atoms with E-state index in [1.54, 1.807) is 6.92 Å². The first-order valence-corrected chi connectivity index (χ1v) is 6.04. The summed E-state index contributed by atoms with van der Waals surface area (Å²) in [5.41, 5.74) is 1.12. The fraction of sp³-hybridized carbons (Fsp3) is 0.538. The number of rotatable bonds is 5. The van der Waals surface area contributed by atoms with Crippen LogP contribution < -0.4 is 0 Å². The van der Waals surface area contributed by atoms with Crippen molar-refractivity contribution >= 4 is 11.6 Å². The van der Waals surface area contributed by atoms with Crippen molar-refractivity contribution in [3.8, 4) is 0 Å². The molecule has 2 N–H and O–H groups in total. The van der Waals surface area contributed by atoms with Crippen LogP contribution in [0, 0.1) is 0 Å². The largest absolute Gasteiger partial charge is 0.391 e. The van der Waals surface area contributed by atoms with Gasteiger partial charge in [-0.05, 0) is 43.4 Å². The van der Waals surface area contributed by atoms with Crippen LogP contribution in [0.15, 0.2) is 24.3 Å². The van der Waals surface area contributed by atoms with Gasteiger partial charge in [-0.2, -0.15) is 0 Å². The van der Waals surface area contributed by atoms with E-state index in [0.717, 1.165) is 12.0 Å². The monoisotopic (exact) mass is 242 g/mol. The fourth-order valence-electron chi connectivity index (χ4n) is 1.79. The van der Waals surface area contributed by atoms with Crippen molar-refractivity contribution in [2.24, 2.45) is 0 Å². The zero-order chi connectivity index (χ0) is 12.1. The van der Waals surface area contributed by atoms with Gasteiger partial charge in [0, 0.05) is 5.02 Å². The summed E-state index contributed by atoms with van der Waals surface area (Å²) in [6, 6.07) is 7.68. The van der Waals surface area contributed by atoms with E-state index in [1.807, 2.05) is 24.3 Å². The summed E-state index contributed by atoms with van der Waals surface area (Å²) in [5, 5.41) is 19.7. The second-order valence-corrected chi connectivity index (χ2v) is 4.64. The van der Waals surface area contributed by atoms with Crippen LogP contribution in [0.4, 0.5) is 0 Å². The van der Waals surface area contributed by atoms with Gasteiger partial charge in [-0.15, -0.1) is 0 Å². The topological polar surface area (TPSA) is 40.5 Å². The van der Waals surface area contributed by atoms with Gasteiger partial charge in [0.2, 0.25) is 0 Å². The van der Waals surface area contributed by atoms with Gasteiger partial charge in [-0.1, -0.05) is 30.7 Å².